The number of phenols is 1. The molecule has 0 unspecified atom stereocenters. The number of aromatic hydroxyl groups is 1. The molecular weight excluding hydrogens is 300 g/mol. The average molecular weight is 321 g/mol. The number of carbonyl (C=O) groups excluding carboxylic acids is 1. The lowest BCUT2D eigenvalue weighted by molar-refractivity contribution is 0.0951. The van der Waals surface area contributed by atoms with Gasteiger partial charge in [-0.25, -0.2) is 5.43 Å². The topological polar surface area (TPSA) is 61.7 Å². The van der Waals surface area contributed by atoms with Gasteiger partial charge in [0, 0.05) is 10.7 Å². The molecule has 4 nitrogen and oxygen atoms in total. The second kappa shape index (κ2) is 6.69. The Morgan fingerprint density at radius 2 is 2.00 bits per heavy atom. The van der Waals surface area contributed by atoms with Crippen molar-refractivity contribution >= 4 is 23.2 Å². The van der Waals surface area contributed by atoms with Gasteiger partial charge in [0.25, 0.3) is 5.91 Å². The fourth-order valence-corrected chi connectivity index (χ4v) is 3.84. The molecule has 2 aliphatic rings. The number of halogens is 1. The first-order chi connectivity index (χ1) is 10.6. The zero-order valence-electron chi connectivity index (χ0n) is 12.5. The molecule has 0 spiro atoms. The van der Waals surface area contributed by atoms with Crippen LogP contribution < -0.4 is 5.43 Å². The second-order valence-electron chi connectivity index (χ2n) is 6.33. The third-order valence-electron chi connectivity index (χ3n) is 4.89. The third kappa shape index (κ3) is 3.43. The van der Waals surface area contributed by atoms with Crippen molar-refractivity contribution in [1.29, 1.82) is 0 Å². The van der Waals surface area contributed by atoms with Crippen molar-refractivity contribution in [2.45, 2.75) is 44.9 Å². The summed E-state index contributed by atoms with van der Waals surface area (Å²) in [7, 11) is 0. The minimum Gasteiger partial charge on any atom is -0.507 e. The van der Waals surface area contributed by atoms with Gasteiger partial charge in [-0.05, 0) is 55.7 Å². The highest BCUT2D eigenvalue weighted by Gasteiger charge is 2.30. The number of nitrogens with one attached hydrogen (secondary N) is 1. The van der Waals surface area contributed by atoms with Gasteiger partial charge >= 0.3 is 0 Å². The molecular formula is C17H21ClN2O2. The fourth-order valence-electron chi connectivity index (χ4n) is 3.67. The zero-order chi connectivity index (χ0) is 15.5. The Morgan fingerprint density at radius 3 is 2.82 bits per heavy atom. The first-order valence-electron chi connectivity index (χ1n) is 7.98. The first-order valence-corrected chi connectivity index (χ1v) is 8.35. The number of hydrogen-bond acceptors (Lipinski definition) is 3. The Kier molecular flexibility index (Phi) is 4.67. The molecule has 2 atom stereocenters. The Balaban J connectivity index is 1.63. The van der Waals surface area contributed by atoms with Crippen molar-refractivity contribution in [3.63, 3.8) is 0 Å². The molecule has 2 saturated carbocycles. The van der Waals surface area contributed by atoms with Crippen LogP contribution in [-0.2, 0) is 0 Å². The molecule has 0 aromatic heterocycles. The summed E-state index contributed by atoms with van der Waals surface area (Å²) < 4.78 is 0. The van der Waals surface area contributed by atoms with E-state index in [1.165, 1.54) is 44.2 Å². The van der Waals surface area contributed by atoms with E-state index in [0.29, 0.717) is 5.02 Å². The van der Waals surface area contributed by atoms with Crippen LogP contribution in [0.4, 0.5) is 0 Å². The van der Waals surface area contributed by atoms with Gasteiger partial charge in [-0.15, -0.1) is 0 Å². The molecule has 1 aromatic carbocycles. The van der Waals surface area contributed by atoms with Crippen molar-refractivity contribution in [2.75, 3.05) is 0 Å². The highest BCUT2D eigenvalue weighted by Crippen LogP contribution is 2.39. The largest absolute Gasteiger partial charge is 0.507 e. The maximum atomic E-state index is 12.1. The number of nitrogens with zero attached hydrogens (tertiary/aromatic N) is 1. The van der Waals surface area contributed by atoms with Gasteiger partial charge in [-0.1, -0.05) is 30.9 Å². The summed E-state index contributed by atoms with van der Waals surface area (Å²) in [6.07, 6.45) is 8.44. The number of amides is 1. The van der Waals surface area contributed by atoms with Crippen LogP contribution in [0.2, 0.25) is 5.02 Å². The van der Waals surface area contributed by atoms with E-state index < -0.39 is 5.91 Å². The van der Waals surface area contributed by atoms with E-state index in [1.54, 1.807) is 6.07 Å². The van der Waals surface area contributed by atoms with Gasteiger partial charge in [0.15, 0.2) is 0 Å². The van der Waals surface area contributed by atoms with Crippen LogP contribution in [0.3, 0.4) is 0 Å². The predicted molar refractivity (Wildman–Crippen MR) is 87.3 cm³/mol. The van der Waals surface area contributed by atoms with Gasteiger partial charge in [0.05, 0.1) is 5.56 Å². The monoisotopic (exact) mass is 320 g/mol. The molecule has 0 heterocycles. The Labute approximate surface area is 135 Å². The molecule has 2 aliphatic carbocycles. The van der Waals surface area contributed by atoms with Crippen LogP contribution in [0.1, 0.15) is 55.3 Å². The Bertz CT molecular complexity index is 600. The molecule has 0 bridgehead atoms. The van der Waals surface area contributed by atoms with E-state index in [1.807, 2.05) is 0 Å². The summed E-state index contributed by atoms with van der Waals surface area (Å²) in [5, 5.41) is 14.4. The van der Waals surface area contributed by atoms with E-state index in [-0.39, 0.29) is 11.3 Å². The zero-order valence-corrected chi connectivity index (χ0v) is 13.3. The number of fused-ring (bicyclic) bond motifs is 1. The molecule has 0 radical (unpaired) electrons. The van der Waals surface area contributed by atoms with Crippen LogP contribution in [-0.4, -0.2) is 16.7 Å². The maximum absolute atomic E-state index is 12.1. The summed E-state index contributed by atoms with van der Waals surface area (Å²) in [4.78, 5) is 12.1. The quantitative estimate of drug-likeness (QED) is 0.805. The number of benzene rings is 1. The highest BCUT2D eigenvalue weighted by atomic mass is 35.5. The van der Waals surface area contributed by atoms with Gasteiger partial charge in [-0.2, -0.15) is 5.10 Å². The molecule has 0 aliphatic heterocycles. The SMILES string of the molecule is O=C(N/N=C1/CC[C@H]2CCCC[C@@H]2C1)c1cc(Cl)ccc1O. The normalized spacial score (nSPS) is 26.5. The van der Waals surface area contributed by atoms with Crippen molar-refractivity contribution in [2.24, 2.45) is 16.9 Å². The lowest BCUT2D eigenvalue weighted by atomic mass is 9.70. The van der Waals surface area contributed by atoms with E-state index in [4.69, 9.17) is 11.6 Å². The van der Waals surface area contributed by atoms with Crippen molar-refractivity contribution in [3.8, 4) is 5.75 Å². The number of hydrazone groups is 1. The molecule has 1 aromatic rings. The van der Waals surface area contributed by atoms with Gasteiger partial charge in [0.1, 0.15) is 5.75 Å². The number of phenolic OH excluding ortho intramolecular Hbond substituents is 1. The molecule has 3 rings (SSSR count). The fraction of sp³-hybridized carbons (Fsp3) is 0.529. The minimum atomic E-state index is -0.418. The number of carbonyl (C=O) groups is 1. The summed E-state index contributed by atoms with van der Waals surface area (Å²) in [6.45, 7) is 0. The smallest absolute Gasteiger partial charge is 0.275 e. The van der Waals surface area contributed by atoms with E-state index >= 15 is 0 Å². The molecule has 2 fully saturated rings. The van der Waals surface area contributed by atoms with Crippen LogP contribution in [0.5, 0.6) is 5.75 Å². The molecule has 1 amide bonds. The van der Waals surface area contributed by atoms with E-state index in [0.717, 1.165) is 30.4 Å². The predicted octanol–water partition coefficient (Wildman–Crippen LogP) is 4.12. The van der Waals surface area contributed by atoms with Gasteiger partial charge < -0.3 is 5.11 Å². The molecule has 2 N–H and O–H groups in total. The minimum absolute atomic E-state index is 0.0851. The van der Waals surface area contributed by atoms with Crippen LogP contribution >= 0.6 is 11.6 Å². The van der Waals surface area contributed by atoms with E-state index in [9.17, 15) is 9.90 Å². The van der Waals surface area contributed by atoms with Gasteiger partial charge in [-0.3, -0.25) is 4.79 Å². The molecule has 22 heavy (non-hydrogen) atoms. The third-order valence-corrected chi connectivity index (χ3v) is 5.12. The van der Waals surface area contributed by atoms with Crippen LogP contribution in [0, 0.1) is 11.8 Å². The van der Waals surface area contributed by atoms with Crippen molar-refractivity contribution in [1.82, 2.24) is 5.43 Å². The average Bonchev–Trinajstić information content (AvgIpc) is 2.54. The number of rotatable bonds is 2. The van der Waals surface area contributed by atoms with Crippen LogP contribution in [0.15, 0.2) is 23.3 Å². The summed E-state index contributed by atoms with van der Waals surface area (Å²) in [6, 6.07) is 4.41. The van der Waals surface area contributed by atoms with Gasteiger partial charge in [0.2, 0.25) is 0 Å². The molecule has 5 heteroatoms. The van der Waals surface area contributed by atoms with Crippen molar-refractivity contribution in [3.05, 3.63) is 28.8 Å². The lowest BCUT2D eigenvalue weighted by Crippen LogP contribution is -2.29. The summed E-state index contributed by atoms with van der Waals surface area (Å²) >= 11 is 5.86. The number of hydrogen-bond donors (Lipinski definition) is 2. The summed E-state index contributed by atoms with van der Waals surface area (Å²) in [5.74, 6) is 1.08. The van der Waals surface area contributed by atoms with E-state index in [2.05, 4.69) is 10.5 Å². The Morgan fingerprint density at radius 1 is 1.23 bits per heavy atom. The Hall–Kier alpha value is -1.55. The first kappa shape index (κ1) is 15.3. The lowest BCUT2D eigenvalue weighted by Gasteiger charge is -2.35. The highest BCUT2D eigenvalue weighted by molar-refractivity contribution is 6.31. The summed E-state index contributed by atoms with van der Waals surface area (Å²) in [5.41, 5.74) is 3.79. The standard InChI is InChI=1S/C17H21ClN2O2/c18-13-6-8-16(21)15(10-13)17(22)20-19-14-7-5-11-3-1-2-4-12(11)9-14/h6,8,10-12,21H,1-5,7,9H2,(H,20,22)/b19-14-/t11-,12-/m1/s1. The second-order valence-corrected chi connectivity index (χ2v) is 6.76. The van der Waals surface area contributed by atoms with Crippen LogP contribution in [0.25, 0.3) is 0 Å². The van der Waals surface area contributed by atoms with Crippen molar-refractivity contribution < 1.29 is 9.90 Å². The maximum Gasteiger partial charge on any atom is 0.275 e. The molecule has 0 saturated heterocycles. The molecule has 118 valence electrons.